The predicted molar refractivity (Wildman–Crippen MR) is 175 cm³/mol. The zero-order valence-electron chi connectivity index (χ0n) is 25.6. The molecule has 242 valence electrons. The number of halogens is 4. The largest absolute Gasteiger partial charge is 0.461 e. The van der Waals surface area contributed by atoms with Gasteiger partial charge in [0.05, 0.1) is 16.1 Å². The Morgan fingerprint density at radius 1 is 1.11 bits per heavy atom. The van der Waals surface area contributed by atoms with Crippen LogP contribution in [0.5, 0.6) is 6.01 Å². The Balaban J connectivity index is 1.37. The van der Waals surface area contributed by atoms with Crippen LogP contribution in [0.3, 0.4) is 0 Å². The van der Waals surface area contributed by atoms with Gasteiger partial charge in [0.25, 0.3) is 0 Å². The molecule has 0 bridgehead atoms. The van der Waals surface area contributed by atoms with Crippen LogP contribution in [0.15, 0.2) is 49.1 Å². The van der Waals surface area contributed by atoms with Crippen LogP contribution >= 0.6 is 11.6 Å². The summed E-state index contributed by atoms with van der Waals surface area (Å²) in [5.74, 6) is -2.61. The molecule has 1 amide bonds. The molecular formula is C35H32ClF3N6O2. The molecule has 0 unspecified atom stereocenters. The first-order valence-corrected chi connectivity index (χ1v) is 16.1. The normalized spacial score (nSPS) is 19.3. The lowest BCUT2D eigenvalue weighted by Crippen LogP contribution is -2.56. The minimum absolute atomic E-state index is 0.0338. The van der Waals surface area contributed by atoms with E-state index in [-0.39, 0.29) is 69.8 Å². The fourth-order valence-corrected chi connectivity index (χ4v) is 7.88. The monoisotopic (exact) mass is 660 g/mol. The number of fused-ring (bicyclic) bond motifs is 3. The maximum absolute atomic E-state index is 16.8. The van der Waals surface area contributed by atoms with E-state index < -0.39 is 29.1 Å². The van der Waals surface area contributed by atoms with Crippen LogP contribution in [-0.2, 0) is 4.79 Å². The number of benzene rings is 3. The number of ether oxygens (including phenoxy) is 1. The summed E-state index contributed by atoms with van der Waals surface area (Å²) in [4.78, 5) is 31.1. The lowest BCUT2D eigenvalue weighted by Gasteiger charge is -2.39. The van der Waals surface area contributed by atoms with Gasteiger partial charge in [-0.1, -0.05) is 42.4 Å². The first-order chi connectivity index (χ1) is 22.7. The molecule has 3 fully saturated rings. The Labute approximate surface area is 275 Å². The number of carbonyl (C=O) groups is 1. The number of rotatable bonds is 7. The maximum atomic E-state index is 16.8. The van der Waals surface area contributed by atoms with E-state index >= 15 is 8.78 Å². The first kappa shape index (κ1) is 31.2. The molecule has 0 saturated carbocycles. The molecule has 0 aliphatic carbocycles. The van der Waals surface area contributed by atoms with Crippen molar-refractivity contribution in [3.63, 3.8) is 0 Å². The van der Waals surface area contributed by atoms with Crippen molar-refractivity contribution >= 4 is 45.0 Å². The highest BCUT2D eigenvalue weighted by atomic mass is 35.5. The Morgan fingerprint density at radius 3 is 2.64 bits per heavy atom. The second-order valence-electron chi connectivity index (χ2n) is 12.4. The average Bonchev–Trinajstić information content (AvgIpc) is 3.66. The first-order valence-electron chi connectivity index (χ1n) is 15.7. The van der Waals surface area contributed by atoms with Crippen molar-refractivity contribution in [1.29, 1.82) is 0 Å². The molecule has 8 nitrogen and oxygen atoms in total. The van der Waals surface area contributed by atoms with Crippen LogP contribution in [0.1, 0.15) is 25.7 Å². The molecule has 7 rings (SSSR count). The van der Waals surface area contributed by atoms with Gasteiger partial charge >= 0.3 is 6.01 Å². The van der Waals surface area contributed by atoms with Gasteiger partial charge in [-0.05, 0) is 67.9 Å². The number of nitrogens with zero attached hydrogens (tertiary/aromatic N) is 6. The molecule has 4 heterocycles. The zero-order valence-corrected chi connectivity index (χ0v) is 26.4. The number of aromatic nitrogens is 2. The molecule has 0 N–H and O–H groups in total. The zero-order chi connectivity index (χ0) is 32.9. The second-order valence-corrected chi connectivity index (χ2v) is 12.8. The van der Waals surface area contributed by atoms with Crippen LogP contribution in [-0.4, -0.2) is 83.1 Å². The van der Waals surface area contributed by atoms with Gasteiger partial charge in [-0.2, -0.15) is 9.97 Å². The van der Waals surface area contributed by atoms with Crippen molar-refractivity contribution < 1.29 is 22.7 Å². The number of carbonyl (C=O) groups excluding carboxylic acids is 1. The number of hydrogen-bond acceptors (Lipinski definition) is 6. The van der Waals surface area contributed by atoms with Crippen molar-refractivity contribution in [1.82, 2.24) is 19.8 Å². The SMILES string of the molecule is [C-]#[N+]C[C@H]1CN(c2nc(OCC34CCCN3CCC4)nc3c(F)c(-c4cccc5ccc(F)c(Cl)c45)c(F)cc23)CCN1C(=O)C=C. The van der Waals surface area contributed by atoms with Crippen molar-refractivity contribution in [2.45, 2.75) is 37.3 Å². The van der Waals surface area contributed by atoms with E-state index in [9.17, 15) is 9.18 Å². The van der Waals surface area contributed by atoms with Crippen LogP contribution in [0.25, 0.3) is 37.6 Å². The van der Waals surface area contributed by atoms with E-state index in [2.05, 4.69) is 21.3 Å². The van der Waals surface area contributed by atoms with Crippen LogP contribution in [0, 0.1) is 24.0 Å². The highest BCUT2D eigenvalue weighted by molar-refractivity contribution is 6.37. The number of hydrogen-bond donors (Lipinski definition) is 0. The quantitative estimate of drug-likeness (QED) is 0.163. The summed E-state index contributed by atoms with van der Waals surface area (Å²) in [7, 11) is 0. The summed E-state index contributed by atoms with van der Waals surface area (Å²) >= 11 is 6.36. The third-order valence-electron chi connectivity index (χ3n) is 9.87. The lowest BCUT2D eigenvalue weighted by molar-refractivity contribution is -0.128. The Bertz CT molecular complexity index is 1960. The van der Waals surface area contributed by atoms with E-state index in [1.807, 2.05) is 4.90 Å². The van der Waals surface area contributed by atoms with Crippen molar-refractivity contribution in [2.75, 3.05) is 50.8 Å². The highest BCUT2D eigenvalue weighted by Crippen LogP contribution is 2.42. The van der Waals surface area contributed by atoms with Gasteiger partial charge in [-0.15, -0.1) is 0 Å². The van der Waals surface area contributed by atoms with E-state index in [0.29, 0.717) is 18.5 Å². The number of amides is 1. The van der Waals surface area contributed by atoms with Gasteiger partial charge in [0.2, 0.25) is 12.5 Å². The maximum Gasteiger partial charge on any atom is 0.319 e. The van der Waals surface area contributed by atoms with Crippen molar-refractivity contribution in [3.8, 4) is 17.1 Å². The average molecular weight is 661 g/mol. The standard InChI is InChI=1S/C35H32ClF3N6O2/c1-3-27(46)45-16-15-43(19-22(45)18-40-2)33-24-17-26(38)29(23-8-4-7-21-9-10-25(37)30(36)28(21)23)31(39)32(24)41-34(42-33)47-20-35-11-5-13-44(35)14-6-12-35/h3-4,7-10,17,22H,1,5-6,11-16,18-20H2/t22-/m0/s1. The fourth-order valence-electron chi connectivity index (χ4n) is 7.61. The molecule has 3 saturated heterocycles. The topological polar surface area (TPSA) is 66.2 Å². The Hall–Kier alpha value is -4.40. The molecule has 47 heavy (non-hydrogen) atoms. The van der Waals surface area contributed by atoms with E-state index in [4.69, 9.17) is 27.9 Å². The van der Waals surface area contributed by atoms with E-state index in [0.717, 1.165) is 38.8 Å². The fraction of sp³-hybridized carbons (Fsp3) is 0.371. The van der Waals surface area contributed by atoms with Gasteiger partial charge in [0, 0.05) is 30.4 Å². The third kappa shape index (κ3) is 5.33. The summed E-state index contributed by atoms with van der Waals surface area (Å²) in [6.45, 7) is 14.2. The van der Waals surface area contributed by atoms with Crippen molar-refractivity contribution in [2.24, 2.45) is 0 Å². The van der Waals surface area contributed by atoms with Gasteiger partial charge in [-0.3, -0.25) is 9.69 Å². The van der Waals surface area contributed by atoms with Crippen LogP contribution in [0.4, 0.5) is 19.0 Å². The number of piperazine rings is 1. The van der Waals surface area contributed by atoms with Crippen LogP contribution < -0.4 is 9.64 Å². The summed E-state index contributed by atoms with van der Waals surface area (Å²) < 4.78 is 53.9. The van der Waals surface area contributed by atoms with Gasteiger partial charge in [0.15, 0.2) is 5.82 Å². The smallest absolute Gasteiger partial charge is 0.319 e. The van der Waals surface area contributed by atoms with Gasteiger partial charge in [0.1, 0.15) is 35.6 Å². The van der Waals surface area contributed by atoms with E-state index in [1.54, 1.807) is 17.0 Å². The predicted octanol–water partition coefficient (Wildman–Crippen LogP) is 6.65. The third-order valence-corrected chi connectivity index (χ3v) is 10.2. The summed E-state index contributed by atoms with van der Waals surface area (Å²) in [6.07, 6.45) is 5.30. The molecule has 3 aliphatic rings. The molecular weight excluding hydrogens is 629 g/mol. The molecule has 12 heteroatoms. The molecule has 3 aromatic carbocycles. The molecule has 4 aromatic rings. The minimum Gasteiger partial charge on any atom is -0.461 e. The Morgan fingerprint density at radius 2 is 1.89 bits per heavy atom. The van der Waals surface area contributed by atoms with Gasteiger partial charge < -0.3 is 19.4 Å². The summed E-state index contributed by atoms with van der Waals surface area (Å²) in [5, 5.41) is 0.581. The van der Waals surface area contributed by atoms with Gasteiger partial charge in [-0.25, -0.2) is 19.7 Å². The van der Waals surface area contributed by atoms with Crippen LogP contribution in [0.2, 0.25) is 5.02 Å². The number of anilines is 1. The highest BCUT2D eigenvalue weighted by Gasteiger charge is 2.45. The summed E-state index contributed by atoms with van der Waals surface area (Å²) in [5.41, 5.74) is -0.600. The van der Waals surface area contributed by atoms with Crippen molar-refractivity contribution in [3.05, 3.63) is 82.9 Å². The Kier molecular flexibility index (Phi) is 8.18. The second kappa shape index (κ2) is 12.3. The minimum atomic E-state index is -0.957. The molecule has 1 aromatic heterocycles. The molecule has 1 atom stereocenters. The van der Waals surface area contributed by atoms with E-state index in [1.165, 1.54) is 30.3 Å². The lowest BCUT2D eigenvalue weighted by atomic mass is 9.95. The molecule has 0 spiro atoms. The molecule has 0 radical (unpaired) electrons. The molecule has 3 aliphatic heterocycles. The summed E-state index contributed by atoms with van der Waals surface area (Å²) in [6, 6.07) is 8.18.